The fourth-order valence-corrected chi connectivity index (χ4v) is 2.82. The lowest BCUT2D eigenvalue weighted by atomic mass is 9.87. The van der Waals surface area contributed by atoms with Crippen LogP contribution in [0.2, 0.25) is 0 Å². The second-order valence-electron chi connectivity index (χ2n) is 6.02. The normalized spacial score (nSPS) is 12.7. The van der Waals surface area contributed by atoms with Crippen molar-refractivity contribution in [2.75, 3.05) is 14.2 Å². The third-order valence-electron chi connectivity index (χ3n) is 4.31. The third-order valence-corrected chi connectivity index (χ3v) is 4.31. The number of esters is 2. The predicted molar refractivity (Wildman–Crippen MR) is 97.3 cm³/mol. The first-order valence-corrected chi connectivity index (χ1v) is 8.30. The quantitative estimate of drug-likeness (QED) is 0.565. The van der Waals surface area contributed by atoms with E-state index < -0.39 is 23.8 Å². The van der Waals surface area contributed by atoms with E-state index in [1.807, 2.05) is 54.6 Å². The second kappa shape index (κ2) is 8.94. The maximum atomic E-state index is 12.6. The number of ether oxygens (including phenoxy) is 2. The van der Waals surface area contributed by atoms with Gasteiger partial charge in [-0.15, -0.1) is 0 Å². The molecule has 0 radical (unpaired) electrons. The number of hydrogen-bond acceptors (Lipinski definition) is 5. The lowest BCUT2D eigenvalue weighted by Gasteiger charge is -2.18. The molecule has 0 spiro atoms. The molecule has 0 saturated carbocycles. The van der Waals surface area contributed by atoms with E-state index in [9.17, 15) is 14.4 Å². The fourth-order valence-electron chi connectivity index (χ4n) is 2.82. The summed E-state index contributed by atoms with van der Waals surface area (Å²) in [5.41, 5.74) is 2.88. The number of hydrogen-bond donors (Lipinski definition) is 0. The molecular formula is C21H22O5. The van der Waals surface area contributed by atoms with Crippen LogP contribution in [-0.4, -0.2) is 31.9 Å². The largest absolute Gasteiger partial charge is 0.469 e. The highest BCUT2D eigenvalue weighted by Crippen LogP contribution is 2.22. The molecule has 5 heteroatoms. The number of ketones is 1. The van der Waals surface area contributed by atoms with Crippen molar-refractivity contribution < 1.29 is 23.9 Å². The first-order chi connectivity index (χ1) is 12.5. The van der Waals surface area contributed by atoms with Crippen LogP contribution in [0.25, 0.3) is 11.1 Å². The van der Waals surface area contributed by atoms with Crippen molar-refractivity contribution in [2.24, 2.45) is 11.8 Å². The van der Waals surface area contributed by atoms with Crippen LogP contribution >= 0.6 is 0 Å². The summed E-state index contributed by atoms with van der Waals surface area (Å²) in [5, 5.41) is 0. The molecule has 0 bridgehead atoms. The van der Waals surface area contributed by atoms with Crippen LogP contribution in [0.15, 0.2) is 54.6 Å². The van der Waals surface area contributed by atoms with Crippen LogP contribution in [0.4, 0.5) is 0 Å². The average Bonchev–Trinajstić information content (AvgIpc) is 2.68. The Morgan fingerprint density at radius 3 is 1.88 bits per heavy atom. The van der Waals surface area contributed by atoms with E-state index in [1.54, 1.807) is 0 Å². The smallest absolute Gasteiger partial charge is 0.317 e. The van der Waals surface area contributed by atoms with Crippen molar-refractivity contribution in [3.8, 4) is 11.1 Å². The molecule has 5 nitrogen and oxygen atoms in total. The topological polar surface area (TPSA) is 69.7 Å². The highest BCUT2D eigenvalue weighted by molar-refractivity contribution is 6.03. The van der Waals surface area contributed by atoms with E-state index in [2.05, 4.69) is 4.74 Å². The van der Waals surface area contributed by atoms with Gasteiger partial charge in [-0.25, -0.2) is 0 Å². The summed E-state index contributed by atoms with van der Waals surface area (Å²) in [4.78, 5) is 36.4. The Balaban J connectivity index is 2.15. The Hall–Kier alpha value is -2.95. The number of benzene rings is 2. The summed E-state index contributed by atoms with van der Waals surface area (Å²) in [6, 6.07) is 17.4. The van der Waals surface area contributed by atoms with Crippen molar-refractivity contribution in [1.82, 2.24) is 0 Å². The van der Waals surface area contributed by atoms with Crippen LogP contribution in [0, 0.1) is 11.8 Å². The highest BCUT2D eigenvalue weighted by atomic mass is 16.5. The zero-order chi connectivity index (χ0) is 19.1. The molecule has 0 saturated heterocycles. The molecule has 0 amide bonds. The average molecular weight is 354 g/mol. The lowest BCUT2D eigenvalue weighted by Crippen LogP contribution is -2.36. The van der Waals surface area contributed by atoms with Gasteiger partial charge in [0.05, 0.1) is 20.1 Å². The van der Waals surface area contributed by atoms with E-state index in [0.29, 0.717) is 0 Å². The van der Waals surface area contributed by atoms with Crippen molar-refractivity contribution in [3.05, 3.63) is 60.2 Å². The van der Waals surface area contributed by atoms with Gasteiger partial charge in [0.2, 0.25) is 0 Å². The van der Waals surface area contributed by atoms with Gasteiger partial charge in [0.15, 0.2) is 5.78 Å². The molecule has 2 rings (SSSR count). The van der Waals surface area contributed by atoms with Crippen molar-refractivity contribution >= 4 is 17.7 Å². The molecule has 0 heterocycles. The first-order valence-electron chi connectivity index (χ1n) is 8.30. The molecule has 26 heavy (non-hydrogen) atoms. The maximum absolute atomic E-state index is 12.6. The minimum atomic E-state index is -1.18. The number of Topliss-reactive ketones (excluding diaryl/α,β-unsaturated/α-hetero) is 1. The van der Waals surface area contributed by atoms with Gasteiger partial charge in [-0.1, -0.05) is 61.5 Å². The predicted octanol–water partition coefficient (Wildman–Crippen LogP) is 3.06. The van der Waals surface area contributed by atoms with Crippen LogP contribution in [0.3, 0.4) is 0 Å². The van der Waals surface area contributed by atoms with Gasteiger partial charge >= 0.3 is 11.9 Å². The van der Waals surface area contributed by atoms with Crippen molar-refractivity contribution in [1.29, 1.82) is 0 Å². The summed E-state index contributed by atoms with van der Waals surface area (Å²) < 4.78 is 9.35. The molecule has 2 aromatic carbocycles. The Bertz CT molecular complexity index is 765. The van der Waals surface area contributed by atoms with Gasteiger partial charge in [0.25, 0.3) is 0 Å². The number of rotatable bonds is 7. The van der Waals surface area contributed by atoms with Gasteiger partial charge in [-0.2, -0.15) is 0 Å². The summed E-state index contributed by atoms with van der Waals surface area (Å²) >= 11 is 0. The molecule has 136 valence electrons. The van der Waals surface area contributed by atoms with E-state index in [-0.39, 0.29) is 12.2 Å². The molecular weight excluding hydrogens is 332 g/mol. The molecule has 2 aromatic rings. The van der Waals surface area contributed by atoms with Crippen LogP contribution < -0.4 is 0 Å². The molecule has 0 N–H and O–H groups in total. The van der Waals surface area contributed by atoms with Crippen LogP contribution in [0.1, 0.15) is 12.5 Å². The van der Waals surface area contributed by atoms with Gasteiger partial charge in [-0.05, 0) is 16.7 Å². The van der Waals surface area contributed by atoms with Crippen LogP contribution in [-0.2, 0) is 30.3 Å². The molecule has 0 aliphatic rings. The maximum Gasteiger partial charge on any atom is 0.317 e. The van der Waals surface area contributed by atoms with Gasteiger partial charge in [0.1, 0.15) is 5.92 Å². The first kappa shape index (κ1) is 19.4. The van der Waals surface area contributed by atoms with E-state index in [4.69, 9.17) is 4.74 Å². The number of carbonyl (C=O) groups excluding carboxylic acids is 3. The van der Waals surface area contributed by atoms with Gasteiger partial charge < -0.3 is 9.47 Å². The Morgan fingerprint density at radius 1 is 0.808 bits per heavy atom. The van der Waals surface area contributed by atoms with Crippen molar-refractivity contribution in [2.45, 2.75) is 13.3 Å². The molecule has 0 aliphatic heterocycles. The zero-order valence-corrected chi connectivity index (χ0v) is 15.1. The monoisotopic (exact) mass is 354 g/mol. The summed E-state index contributed by atoms with van der Waals surface area (Å²) in [6.07, 6.45) is 0.0379. The SMILES string of the molecule is COC(=O)C(C(=O)Cc1ccc(-c2ccccc2)cc1)[C@@H](C)C(=O)OC. The molecule has 2 atom stereocenters. The van der Waals surface area contributed by atoms with E-state index in [1.165, 1.54) is 21.1 Å². The molecule has 1 unspecified atom stereocenters. The summed E-state index contributed by atoms with van der Waals surface area (Å²) in [7, 11) is 2.42. The third kappa shape index (κ3) is 4.57. The van der Waals surface area contributed by atoms with Crippen LogP contribution in [0.5, 0.6) is 0 Å². The minimum absolute atomic E-state index is 0.0379. The summed E-state index contributed by atoms with van der Waals surface area (Å²) in [5.74, 6) is -3.80. The Labute approximate surface area is 152 Å². The minimum Gasteiger partial charge on any atom is -0.469 e. The molecule has 0 aromatic heterocycles. The lowest BCUT2D eigenvalue weighted by molar-refractivity contribution is -0.160. The van der Waals surface area contributed by atoms with Gasteiger partial charge in [-0.3, -0.25) is 14.4 Å². The number of methoxy groups -OCH3 is 2. The van der Waals surface area contributed by atoms with Crippen molar-refractivity contribution in [3.63, 3.8) is 0 Å². The summed E-state index contributed by atoms with van der Waals surface area (Å²) in [6.45, 7) is 1.49. The second-order valence-corrected chi connectivity index (χ2v) is 6.02. The molecule has 0 fully saturated rings. The number of carbonyl (C=O) groups is 3. The standard InChI is InChI=1S/C21H22O5/c1-14(20(23)25-2)19(21(24)26-3)18(22)13-15-9-11-17(12-10-15)16-7-5-4-6-8-16/h4-12,14,19H,13H2,1-3H3/t14-,19?/m1/s1. The van der Waals surface area contributed by atoms with E-state index in [0.717, 1.165) is 16.7 Å². The molecule has 0 aliphatic carbocycles. The highest BCUT2D eigenvalue weighted by Gasteiger charge is 2.37. The van der Waals surface area contributed by atoms with E-state index >= 15 is 0 Å². The zero-order valence-electron chi connectivity index (χ0n) is 15.1. The van der Waals surface area contributed by atoms with Gasteiger partial charge in [0, 0.05) is 6.42 Å². The Morgan fingerprint density at radius 2 is 1.35 bits per heavy atom. The Kier molecular flexibility index (Phi) is 6.67. The fraction of sp³-hybridized carbons (Fsp3) is 0.286.